The number of hydrogen-bond acceptors (Lipinski definition) is 2. The molecule has 14 heavy (non-hydrogen) atoms. The summed E-state index contributed by atoms with van der Waals surface area (Å²) in [6.45, 7) is -2.88. The van der Waals surface area contributed by atoms with E-state index in [-0.39, 0.29) is 9.62 Å². The molecule has 0 atom stereocenters. The molecule has 0 saturated heterocycles. The molecule has 0 unspecified atom stereocenters. The number of ether oxygens (including phenoxy) is 1. The Balaban J connectivity index is 3.01. The van der Waals surface area contributed by atoms with Gasteiger partial charge in [0, 0.05) is 6.20 Å². The maximum atomic E-state index is 11.9. The quantitative estimate of drug-likeness (QED) is 0.714. The van der Waals surface area contributed by atoms with Crippen molar-refractivity contribution < 1.29 is 13.5 Å². The van der Waals surface area contributed by atoms with E-state index >= 15 is 0 Å². The SMILES string of the molecule is FC(F)Oc1nccc(C(Br)Br)c1Br. The number of pyridine rings is 1. The van der Waals surface area contributed by atoms with Crippen LogP contribution in [0.3, 0.4) is 0 Å². The van der Waals surface area contributed by atoms with Gasteiger partial charge in [0.25, 0.3) is 0 Å². The largest absolute Gasteiger partial charge is 0.416 e. The Hall–Kier alpha value is 0.250. The molecule has 1 aromatic heterocycles. The van der Waals surface area contributed by atoms with E-state index in [4.69, 9.17) is 0 Å². The number of halogens is 5. The molecule has 0 radical (unpaired) electrons. The summed E-state index contributed by atoms with van der Waals surface area (Å²) in [7, 11) is 0. The lowest BCUT2D eigenvalue weighted by Crippen LogP contribution is -2.05. The maximum absolute atomic E-state index is 11.9. The fourth-order valence-electron chi connectivity index (χ4n) is 0.774. The Bertz CT molecular complexity index is 322. The Kier molecular flexibility index (Phi) is 4.72. The van der Waals surface area contributed by atoms with Gasteiger partial charge in [0.15, 0.2) is 0 Å². The van der Waals surface area contributed by atoms with Gasteiger partial charge in [0.2, 0.25) is 5.88 Å². The van der Waals surface area contributed by atoms with Crippen LogP contribution in [0.15, 0.2) is 16.7 Å². The van der Waals surface area contributed by atoms with Crippen molar-refractivity contribution in [2.75, 3.05) is 0 Å². The van der Waals surface area contributed by atoms with Gasteiger partial charge in [-0.2, -0.15) is 8.78 Å². The highest BCUT2D eigenvalue weighted by atomic mass is 79.9. The summed E-state index contributed by atoms with van der Waals surface area (Å²) in [5.41, 5.74) is 0.732. The topological polar surface area (TPSA) is 22.1 Å². The number of rotatable bonds is 3. The molecule has 0 aliphatic carbocycles. The lowest BCUT2D eigenvalue weighted by molar-refractivity contribution is -0.0534. The summed E-state index contributed by atoms with van der Waals surface area (Å²) in [6, 6.07) is 1.68. The van der Waals surface area contributed by atoms with Crippen LogP contribution in [0.5, 0.6) is 5.88 Å². The molecule has 0 amide bonds. The molecule has 1 aromatic rings. The predicted octanol–water partition coefficient (Wildman–Crippen LogP) is 4.23. The summed E-state index contributed by atoms with van der Waals surface area (Å²) in [4.78, 5) is 3.67. The normalized spacial score (nSPS) is 11.1. The number of alkyl halides is 4. The zero-order chi connectivity index (χ0) is 10.7. The van der Waals surface area contributed by atoms with Crippen molar-refractivity contribution in [3.8, 4) is 5.88 Å². The van der Waals surface area contributed by atoms with Crippen LogP contribution in [-0.2, 0) is 0 Å². The van der Waals surface area contributed by atoms with E-state index in [1.54, 1.807) is 6.07 Å². The predicted molar refractivity (Wildman–Crippen MR) is 59.2 cm³/mol. The molecular weight excluding hydrogens is 392 g/mol. The van der Waals surface area contributed by atoms with Crippen molar-refractivity contribution in [1.29, 1.82) is 0 Å². The van der Waals surface area contributed by atoms with Gasteiger partial charge in [-0.15, -0.1) is 0 Å². The number of aromatic nitrogens is 1. The van der Waals surface area contributed by atoms with E-state index in [2.05, 4.69) is 57.5 Å². The fraction of sp³-hybridized carbons (Fsp3) is 0.286. The van der Waals surface area contributed by atoms with Gasteiger partial charge in [-0.1, -0.05) is 31.9 Å². The third kappa shape index (κ3) is 3.13. The Labute approximate surface area is 104 Å². The van der Waals surface area contributed by atoms with Gasteiger partial charge < -0.3 is 4.74 Å². The first kappa shape index (κ1) is 12.3. The van der Waals surface area contributed by atoms with Crippen LogP contribution >= 0.6 is 47.8 Å². The molecule has 0 spiro atoms. The Morgan fingerprint density at radius 3 is 2.50 bits per heavy atom. The Morgan fingerprint density at radius 1 is 1.36 bits per heavy atom. The van der Waals surface area contributed by atoms with Gasteiger partial charge in [0.1, 0.15) is 0 Å². The van der Waals surface area contributed by atoms with Crippen LogP contribution < -0.4 is 4.74 Å². The second-order valence-corrected chi connectivity index (χ2v) is 6.05. The van der Waals surface area contributed by atoms with Gasteiger partial charge in [-0.05, 0) is 27.6 Å². The minimum absolute atomic E-state index is 0.124. The van der Waals surface area contributed by atoms with E-state index in [0.29, 0.717) is 4.47 Å². The summed E-state index contributed by atoms with van der Waals surface area (Å²) in [5.74, 6) is -0.124. The van der Waals surface area contributed by atoms with Crippen LogP contribution in [-0.4, -0.2) is 11.6 Å². The van der Waals surface area contributed by atoms with E-state index < -0.39 is 6.61 Å². The van der Waals surface area contributed by atoms with Crippen molar-refractivity contribution in [3.63, 3.8) is 0 Å². The molecule has 0 bridgehead atoms. The molecule has 0 saturated carbocycles. The second-order valence-electron chi connectivity index (χ2n) is 2.20. The highest BCUT2D eigenvalue weighted by Gasteiger charge is 2.15. The van der Waals surface area contributed by atoms with Gasteiger partial charge in [0.05, 0.1) is 8.21 Å². The van der Waals surface area contributed by atoms with Crippen molar-refractivity contribution >= 4 is 47.8 Å². The summed E-state index contributed by atoms with van der Waals surface area (Å²) in [5, 5.41) is 0. The van der Waals surface area contributed by atoms with Crippen LogP contribution in [0, 0.1) is 0 Å². The molecule has 0 aromatic carbocycles. The molecular formula is C7H4Br3F2NO. The second kappa shape index (κ2) is 5.37. The molecule has 7 heteroatoms. The first-order valence-corrected chi connectivity index (χ1v) is 6.02. The average Bonchev–Trinajstić information content (AvgIpc) is 2.07. The van der Waals surface area contributed by atoms with Gasteiger partial charge in [-0.25, -0.2) is 4.98 Å². The molecule has 0 aliphatic rings. The standard InChI is InChI=1S/C7H4Br3F2NO/c8-4-3(5(9)10)1-2-13-6(4)14-7(11)12/h1-2,5,7H. The van der Waals surface area contributed by atoms with E-state index in [9.17, 15) is 8.78 Å². The molecule has 0 fully saturated rings. The number of nitrogens with zero attached hydrogens (tertiary/aromatic N) is 1. The van der Waals surface area contributed by atoms with Crippen molar-refractivity contribution in [1.82, 2.24) is 4.98 Å². The van der Waals surface area contributed by atoms with Crippen LogP contribution in [0.4, 0.5) is 8.78 Å². The van der Waals surface area contributed by atoms with Crippen LogP contribution in [0.25, 0.3) is 0 Å². The van der Waals surface area contributed by atoms with E-state index in [1.165, 1.54) is 6.20 Å². The molecule has 0 aliphatic heterocycles. The van der Waals surface area contributed by atoms with Gasteiger partial charge in [-0.3, -0.25) is 0 Å². The minimum atomic E-state index is -2.88. The minimum Gasteiger partial charge on any atom is -0.416 e. The van der Waals surface area contributed by atoms with Crippen molar-refractivity contribution in [2.45, 2.75) is 10.3 Å². The lowest BCUT2D eigenvalue weighted by Gasteiger charge is -2.09. The third-order valence-electron chi connectivity index (χ3n) is 1.32. The van der Waals surface area contributed by atoms with E-state index in [0.717, 1.165) is 5.56 Å². The zero-order valence-corrected chi connectivity index (χ0v) is 11.3. The lowest BCUT2D eigenvalue weighted by atomic mass is 10.3. The van der Waals surface area contributed by atoms with Crippen molar-refractivity contribution in [2.24, 2.45) is 0 Å². The summed E-state index contributed by atoms with van der Waals surface area (Å²) in [6.07, 6.45) is 1.40. The highest BCUT2D eigenvalue weighted by molar-refractivity contribution is 9.24. The smallest absolute Gasteiger partial charge is 0.388 e. The first-order valence-electron chi connectivity index (χ1n) is 3.39. The summed E-state index contributed by atoms with van der Waals surface area (Å²) >= 11 is 9.63. The van der Waals surface area contributed by atoms with Crippen LogP contribution in [0.1, 0.15) is 9.30 Å². The van der Waals surface area contributed by atoms with Gasteiger partial charge >= 0.3 is 6.61 Å². The molecule has 78 valence electrons. The molecule has 1 rings (SSSR count). The average molecular weight is 396 g/mol. The zero-order valence-electron chi connectivity index (χ0n) is 6.55. The molecule has 1 heterocycles. The van der Waals surface area contributed by atoms with Crippen molar-refractivity contribution in [3.05, 3.63) is 22.3 Å². The van der Waals surface area contributed by atoms with E-state index in [1.807, 2.05) is 0 Å². The molecule has 2 nitrogen and oxygen atoms in total. The van der Waals surface area contributed by atoms with Crippen LogP contribution in [0.2, 0.25) is 0 Å². The maximum Gasteiger partial charge on any atom is 0.388 e. The third-order valence-corrected chi connectivity index (χ3v) is 3.11. The monoisotopic (exact) mass is 393 g/mol. The number of hydrogen-bond donors (Lipinski definition) is 0. The summed E-state index contributed by atoms with van der Waals surface area (Å²) < 4.78 is 28.3. The molecule has 0 N–H and O–H groups in total. The first-order chi connectivity index (χ1) is 6.52. The fourth-order valence-corrected chi connectivity index (χ4v) is 2.71. The highest BCUT2D eigenvalue weighted by Crippen LogP contribution is 2.38. The Morgan fingerprint density at radius 2 is 2.00 bits per heavy atom.